The molecule has 0 saturated carbocycles. The van der Waals surface area contributed by atoms with Gasteiger partial charge in [-0.15, -0.1) is 10.2 Å². The van der Waals surface area contributed by atoms with E-state index in [9.17, 15) is 8.78 Å². The largest absolute Gasteiger partial charge is 0.308 e. The van der Waals surface area contributed by atoms with E-state index in [1.54, 1.807) is 11.6 Å². The van der Waals surface area contributed by atoms with Crippen molar-refractivity contribution in [3.05, 3.63) is 76.9 Å². The van der Waals surface area contributed by atoms with Crippen LogP contribution in [0.4, 0.5) is 8.78 Å². The topological polar surface area (TPSA) is 85.2 Å². The highest BCUT2D eigenvalue weighted by molar-refractivity contribution is 5.55. The fraction of sp³-hybridized carbons (Fsp3) is 0.400. The van der Waals surface area contributed by atoms with Crippen LogP contribution < -0.4 is 0 Å². The molecule has 0 atom stereocenters. The van der Waals surface area contributed by atoms with Gasteiger partial charge >= 0.3 is 5.92 Å². The highest BCUT2D eigenvalue weighted by Crippen LogP contribution is 2.31. The molecule has 0 bridgehead atoms. The Morgan fingerprint density at radius 2 is 1.79 bits per heavy atom. The van der Waals surface area contributed by atoms with Crippen molar-refractivity contribution in [1.29, 1.82) is 0 Å². The summed E-state index contributed by atoms with van der Waals surface area (Å²) < 4.78 is 30.5. The number of benzene rings is 2. The second-order valence-corrected chi connectivity index (χ2v) is 9.01. The molecule has 0 aliphatic carbocycles. The number of halogens is 2. The summed E-state index contributed by atoms with van der Waals surface area (Å²) in [6.45, 7) is 6.24. The first-order chi connectivity index (χ1) is 16.3. The lowest BCUT2D eigenvalue weighted by Crippen LogP contribution is -2.15. The van der Waals surface area contributed by atoms with E-state index in [0.717, 1.165) is 28.7 Å². The molecule has 4 aromatic rings. The van der Waals surface area contributed by atoms with Gasteiger partial charge in [-0.2, -0.15) is 8.78 Å². The number of rotatable bonds is 10. The van der Waals surface area contributed by atoms with Crippen LogP contribution in [0.1, 0.15) is 62.0 Å². The highest BCUT2D eigenvalue weighted by Gasteiger charge is 2.36. The molecule has 9 heteroatoms. The summed E-state index contributed by atoms with van der Waals surface area (Å²) in [5, 5.41) is 18.2. The van der Waals surface area contributed by atoms with Crippen LogP contribution in [0.5, 0.6) is 0 Å². The van der Waals surface area contributed by atoms with Crippen molar-refractivity contribution < 1.29 is 8.78 Å². The number of aromatic amines is 1. The van der Waals surface area contributed by atoms with Crippen molar-refractivity contribution >= 4 is 0 Å². The Bertz CT molecular complexity index is 1200. The van der Waals surface area contributed by atoms with Crippen LogP contribution in [-0.4, -0.2) is 35.4 Å². The van der Waals surface area contributed by atoms with Crippen LogP contribution in [0.25, 0.3) is 11.4 Å². The maximum Gasteiger partial charge on any atom is 0.308 e. The van der Waals surface area contributed by atoms with Gasteiger partial charge in [-0.25, -0.2) is 14.8 Å². The van der Waals surface area contributed by atoms with Crippen molar-refractivity contribution in [3.63, 3.8) is 0 Å². The van der Waals surface area contributed by atoms with Gasteiger partial charge in [-0.3, -0.25) is 0 Å². The fourth-order valence-electron chi connectivity index (χ4n) is 3.88. The van der Waals surface area contributed by atoms with Crippen molar-refractivity contribution in [2.45, 2.75) is 58.9 Å². The molecule has 0 fully saturated rings. The molecule has 34 heavy (non-hydrogen) atoms. The van der Waals surface area contributed by atoms with E-state index in [2.05, 4.69) is 55.0 Å². The molecule has 2 aromatic heterocycles. The van der Waals surface area contributed by atoms with Gasteiger partial charge < -0.3 is 0 Å². The van der Waals surface area contributed by atoms with Gasteiger partial charge in [0.15, 0.2) is 5.82 Å². The van der Waals surface area contributed by atoms with E-state index >= 15 is 0 Å². The summed E-state index contributed by atoms with van der Waals surface area (Å²) in [7, 11) is 0. The van der Waals surface area contributed by atoms with Gasteiger partial charge in [-0.05, 0) is 51.9 Å². The average Bonchev–Trinajstić information content (AvgIpc) is 3.46. The third-order valence-electron chi connectivity index (χ3n) is 5.54. The summed E-state index contributed by atoms with van der Waals surface area (Å²) in [5.41, 5.74) is 4.21. The molecule has 0 aliphatic heterocycles. The van der Waals surface area contributed by atoms with E-state index < -0.39 is 5.92 Å². The zero-order valence-electron chi connectivity index (χ0n) is 19.7. The second-order valence-electron chi connectivity index (χ2n) is 9.01. The molecule has 0 unspecified atom stereocenters. The van der Waals surface area contributed by atoms with Gasteiger partial charge in [0.2, 0.25) is 5.82 Å². The van der Waals surface area contributed by atoms with Crippen molar-refractivity contribution in [3.8, 4) is 11.4 Å². The molecule has 0 amide bonds. The molecule has 0 spiro atoms. The van der Waals surface area contributed by atoms with Crippen LogP contribution in [0.3, 0.4) is 0 Å². The van der Waals surface area contributed by atoms with Crippen LogP contribution in [-0.2, 0) is 25.3 Å². The van der Waals surface area contributed by atoms with Gasteiger partial charge in [0.25, 0.3) is 0 Å². The minimum absolute atomic E-state index is 0.249. The fourth-order valence-corrected chi connectivity index (χ4v) is 3.88. The molecule has 0 radical (unpaired) electrons. The summed E-state index contributed by atoms with van der Waals surface area (Å²) in [5.74, 6) is -1.86. The Labute approximate surface area is 197 Å². The lowest BCUT2D eigenvalue weighted by atomic mass is 10.0. The Kier molecular flexibility index (Phi) is 7.09. The predicted octanol–water partition coefficient (Wildman–Crippen LogP) is 5.19. The predicted molar refractivity (Wildman–Crippen MR) is 125 cm³/mol. The van der Waals surface area contributed by atoms with Crippen molar-refractivity contribution in [2.24, 2.45) is 5.92 Å². The highest BCUT2D eigenvalue weighted by atomic mass is 19.3. The van der Waals surface area contributed by atoms with E-state index in [-0.39, 0.29) is 12.2 Å². The molecule has 1 N–H and O–H groups in total. The number of nitrogens with zero attached hydrogens (tertiary/aromatic N) is 6. The minimum atomic E-state index is -3.01. The molecule has 0 aliphatic rings. The number of nitrogens with one attached hydrogen (secondary N) is 1. The Morgan fingerprint density at radius 1 is 1.03 bits per heavy atom. The standard InChI is InChI=1S/C25H29F2N7/c1-4-12-25(26,27)24-28-22(13-17(2)3)34(31-24)16-19-10-8-18(9-11-19)14-20-6-5-7-21(15-20)23-29-32-33-30-23/h5-11,15,17H,4,12-14,16H2,1-3H3,(H,29,30,32,33). The summed E-state index contributed by atoms with van der Waals surface area (Å²) in [4.78, 5) is 4.22. The Balaban J connectivity index is 1.49. The SMILES string of the molecule is CCCC(F)(F)c1nc(CC(C)C)n(Cc2ccc(Cc3cccc(-c4nnn[nH]4)c3)cc2)n1. The van der Waals surface area contributed by atoms with Crippen molar-refractivity contribution in [2.75, 3.05) is 0 Å². The maximum atomic E-state index is 14.5. The van der Waals surface area contributed by atoms with E-state index in [4.69, 9.17) is 0 Å². The van der Waals surface area contributed by atoms with Crippen molar-refractivity contribution in [1.82, 2.24) is 35.4 Å². The number of hydrogen-bond acceptors (Lipinski definition) is 5. The molecule has 0 saturated heterocycles. The van der Waals surface area contributed by atoms with E-state index in [0.29, 0.717) is 37.0 Å². The number of tetrazole rings is 1. The zero-order valence-corrected chi connectivity index (χ0v) is 19.7. The quantitative estimate of drug-likeness (QED) is 0.348. The number of aromatic nitrogens is 7. The molecule has 4 rings (SSSR count). The monoisotopic (exact) mass is 465 g/mol. The molecule has 2 aromatic carbocycles. The van der Waals surface area contributed by atoms with Gasteiger partial charge in [0.1, 0.15) is 5.82 Å². The van der Waals surface area contributed by atoms with Crippen LogP contribution in [0, 0.1) is 5.92 Å². The lowest BCUT2D eigenvalue weighted by molar-refractivity contribution is -0.0232. The smallest absolute Gasteiger partial charge is 0.245 e. The third-order valence-corrected chi connectivity index (χ3v) is 5.54. The van der Waals surface area contributed by atoms with E-state index in [1.807, 2.05) is 38.1 Å². The van der Waals surface area contributed by atoms with Gasteiger partial charge in [0, 0.05) is 18.4 Å². The molecule has 178 valence electrons. The Hall–Kier alpha value is -3.49. The van der Waals surface area contributed by atoms with E-state index in [1.165, 1.54) is 0 Å². The van der Waals surface area contributed by atoms with Gasteiger partial charge in [-0.1, -0.05) is 63.2 Å². The van der Waals surface area contributed by atoms with Crippen LogP contribution in [0.15, 0.2) is 48.5 Å². The second kappa shape index (κ2) is 10.2. The lowest BCUT2D eigenvalue weighted by Gasteiger charge is -2.10. The third kappa shape index (κ3) is 5.70. The van der Waals surface area contributed by atoms with Crippen LogP contribution >= 0.6 is 0 Å². The molecular formula is C25H29F2N7. The summed E-state index contributed by atoms with van der Waals surface area (Å²) in [6.07, 6.45) is 1.48. The Morgan fingerprint density at radius 3 is 2.47 bits per heavy atom. The normalized spacial score (nSPS) is 11.9. The average molecular weight is 466 g/mol. The first-order valence-electron chi connectivity index (χ1n) is 11.6. The zero-order chi connectivity index (χ0) is 24.1. The minimum Gasteiger partial charge on any atom is -0.245 e. The summed E-state index contributed by atoms with van der Waals surface area (Å²) in [6, 6.07) is 16.2. The molecule has 2 heterocycles. The maximum absolute atomic E-state index is 14.5. The molecule has 7 nitrogen and oxygen atoms in total. The van der Waals surface area contributed by atoms with Gasteiger partial charge in [0.05, 0.1) is 6.54 Å². The first-order valence-corrected chi connectivity index (χ1v) is 11.6. The number of alkyl halides is 2. The first kappa shape index (κ1) is 23.7. The van der Waals surface area contributed by atoms with Crippen LogP contribution in [0.2, 0.25) is 0 Å². The number of H-pyrrole nitrogens is 1. The molecular weight excluding hydrogens is 436 g/mol. The summed E-state index contributed by atoms with van der Waals surface area (Å²) >= 11 is 0. The number of hydrogen-bond donors (Lipinski definition) is 1.